The Bertz CT molecular complexity index is 436. The largest absolute Gasteiger partial charge is 0.326 e. The van der Waals surface area contributed by atoms with Crippen LogP contribution in [0.5, 0.6) is 0 Å². The summed E-state index contributed by atoms with van der Waals surface area (Å²) in [5.74, 6) is 0. The third-order valence-electron chi connectivity index (χ3n) is 4.37. The molecule has 4 heteroatoms. The lowest BCUT2D eigenvalue weighted by atomic mass is 10.0. The van der Waals surface area contributed by atoms with Crippen molar-refractivity contribution in [1.82, 2.24) is 14.7 Å². The van der Waals surface area contributed by atoms with Crippen molar-refractivity contribution in [2.45, 2.75) is 20.0 Å². The zero-order valence-corrected chi connectivity index (χ0v) is 13.8. The summed E-state index contributed by atoms with van der Waals surface area (Å²) in [5.41, 5.74) is 9.73. The molecule has 2 N–H and O–H groups in total. The highest BCUT2D eigenvalue weighted by Crippen LogP contribution is 2.14. The van der Waals surface area contributed by atoms with E-state index in [1.54, 1.807) is 0 Å². The van der Waals surface area contributed by atoms with E-state index in [0.29, 0.717) is 6.54 Å². The fourth-order valence-electron chi connectivity index (χ4n) is 2.82. The molecule has 118 valence electrons. The molecule has 1 saturated heterocycles. The van der Waals surface area contributed by atoms with Crippen LogP contribution >= 0.6 is 0 Å². The molecule has 0 aliphatic carbocycles. The van der Waals surface area contributed by atoms with E-state index < -0.39 is 0 Å². The van der Waals surface area contributed by atoms with E-state index in [9.17, 15) is 0 Å². The van der Waals surface area contributed by atoms with Crippen molar-refractivity contribution in [3.8, 4) is 0 Å². The Morgan fingerprint density at radius 2 is 1.76 bits per heavy atom. The van der Waals surface area contributed by atoms with E-state index >= 15 is 0 Å². The highest BCUT2D eigenvalue weighted by Gasteiger charge is 2.17. The SMILES string of the molecule is Cc1cc(CN)ccc1CN1CCN(CCN(C)C)CC1. The van der Waals surface area contributed by atoms with Gasteiger partial charge in [0.1, 0.15) is 0 Å². The second-order valence-corrected chi connectivity index (χ2v) is 6.39. The topological polar surface area (TPSA) is 35.7 Å². The van der Waals surface area contributed by atoms with E-state index in [1.165, 1.54) is 49.4 Å². The molecule has 0 radical (unpaired) electrons. The summed E-state index contributed by atoms with van der Waals surface area (Å²) >= 11 is 0. The molecular formula is C17H30N4. The Morgan fingerprint density at radius 1 is 1.10 bits per heavy atom. The normalized spacial score (nSPS) is 17.6. The number of nitrogens with two attached hydrogens (primary N) is 1. The zero-order chi connectivity index (χ0) is 15.2. The predicted octanol–water partition coefficient (Wildman–Crippen LogP) is 1.13. The lowest BCUT2D eigenvalue weighted by molar-refractivity contribution is 0.120. The van der Waals surface area contributed by atoms with Crippen LogP contribution in [-0.4, -0.2) is 68.1 Å². The Balaban J connectivity index is 1.80. The van der Waals surface area contributed by atoms with Crippen molar-refractivity contribution in [2.24, 2.45) is 5.73 Å². The first-order valence-corrected chi connectivity index (χ1v) is 7.96. The Labute approximate surface area is 129 Å². The van der Waals surface area contributed by atoms with Crippen molar-refractivity contribution < 1.29 is 0 Å². The number of benzene rings is 1. The Kier molecular flexibility index (Phi) is 6.18. The summed E-state index contributed by atoms with van der Waals surface area (Å²) in [4.78, 5) is 7.40. The van der Waals surface area contributed by atoms with Crippen LogP contribution in [0.4, 0.5) is 0 Å². The van der Waals surface area contributed by atoms with Gasteiger partial charge >= 0.3 is 0 Å². The fourth-order valence-corrected chi connectivity index (χ4v) is 2.82. The fraction of sp³-hybridized carbons (Fsp3) is 0.647. The molecule has 0 unspecified atom stereocenters. The van der Waals surface area contributed by atoms with Crippen molar-refractivity contribution in [3.05, 3.63) is 34.9 Å². The molecular weight excluding hydrogens is 260 g/mol. The van der Waals surface area contributed by atoms with Crippen molar-refractivity contribution in [1.29, 1.82) is 0 Å². The number of rotatable bonds is 6. The van der Waals surface area contributed by atoms with Gasteiger partial charge in [-0.3, -0.25) is 9.80 Å². The maximum Gasteiger partial charge on any atom is 0.0237 e. The smallest absolute Gasteiger partial charge is 0.0237 e. The molecule has 1 aliphatic rings. The molecule has 0 saturated carbocycles. The van der Waals surface area contributed by atoms with Gasteiger partial charge in [0.2, 0.25) is 0 Å². The summed E-state index contributed by atoms with van der Waals surface area (Å²) < 4.78 is 0. The van der Waals surface area contributed by atoms with Crippen LogP contribution in [0.2, 0.25) is 0 Å². The molecule has 0 spiro atoms. The zero-order valence-electron chi connectivity index (χ0n) is 13.8. The molecule has 0 amide bonds. The number of nitrogens with zero attached hydrogens (tertiary/aromatic N) is 3. The third kappa shape index (κ3) is 5.08. The average Bonchev–Trinajstić information content (AvgIpc) is 2.48. The molecule has 0 bridgehead atoms. The summed E-state index contributed by atoms with van der Waals surface area (Å²) in [6.45, 7) is 11.0. The lowest BCUT2D eigenvalue weighted by Gasteiger charge is -2.35. The van der Waals surface area contributed by atoms with E-state index in [-0.39, 0.29) is 0 Å². The lowest BCUT2D eigenvalue weighted by Crippen LogP contribution is -2.47. The van der Waals surface area contributed by atoms with Crippen LogP contribution in [-0.2, 0) is 13.1 Å². The summed E-state index contributed by atoms with van der Waals surface area (Å²) in [6.07, 6.45) is 0. The van der Waals surface area contributed by atoms with Gasteiger partial charge in [0.25, 0.3) is 0 Å². The Hall–Kier alpha value is -0.940. The van der Waals surface area contributed by atoms with E-state index in [0.717, 1.165) is 13.1 Å². The average molecular weight is 290 g/mol. The number of hydrogen-bond acceptors (Lipinski definition) is 4. The van der Waals surface area contributed by atoms with Crippen LogP contribution in [0.25, 0.3) is 0 Å². The van der Waals surface area contributed by atoms with Gasteiger partial charge in [-0.1, -0.05) is 18.2 Å². The van der Waals surface area contributed by atoms with E-state index in [2.05, 4.69) is 53.9 Å². The van der Waals surface area contributed by atoms with E-state index in [4.69, 9.17) is 5.73 Å². The highest BCUT2D eigenvalue weighted by molar-refractivity contribution is 5.31. The molecule has 1 fully saturated rings. The van der Waals surface area contributed by atoms with Gasteiger partial charge in [-0.25, -0.2) is 0 Å². The van der Waals surface area contributed by atoms with Crippen LogP contribution in [0.3, 0.4) is 0 Å². The van der Waals surface area contributed by atoms with E-state index in [1.807, 2.05) is 0 Å². The first-order valence-electron chi connectivity index (χ1n) is 7.96. The maximum atomic E-state index is 5.70. The van der Waals surface area contributed by atoms with Gasteiger partial charge in [0.15, 0.2) is 0 Å². The van der Waals surface area contributed by atoms with Gasteiger partial charge in [0.05, 0.1) is 0 Å². The quantitative estimate of drug-likeness (QED) is 0.852. The first-order chi connectivity index (χ1) is 10.1. The molecule has 4 nitrogen and oxygen atoms in total. The Morgan fingerprint density at radius 3 is 2.33 bits per heavy atom. The summed E-state index contributed by atoms with van der Waals surface area (Å²) in [6, 6.07) is 6.63. The third-order valence-corrected chi connectivity index (χ3v) is 4.37. The standard InChI is InChI=1S/C17H30N4/c1-15-12-16(13-18)4-5-17(15)14-21-10-8-20(9-11-21)7-6-19(2)3/h4-5,12H,6-11,13-14,18H2,1-3H3. The van der Waals surface area contributed by atoms with Crippen molar-refractivity contribution in [2.75, 3.05) is 53.4 Å². The van der Waals surface area contributed by atoms with Crippen molar-refractivity contribution in [3.63, 3.8) is 0 Å². The van der Waals surface area contributed by atoms with Gasteiger partial charge in [0, 0.05) is 52.4 Å². The van der Waals surface area contributed by atoms with Crippen LogP contribution in [0.15, 0.2) is 18.2 Å². The van der Waals surface area contributed by atoms with Gasteiger partial charge in [-0.05, 0) is 37.7 Å². The molecule has 1 aliphatic heterocycles. The molecule has 2 rings (SSSR count). The minimum absolute atomic E-state index is 0.631. The monoisotopic (exact) mass is 290 g/mol. The second-order valence-electron chi connectivity index (χ2n) is 6.39. The molecule has 1 heterocycles. The highest BCUT2D eigenvalue weighted by atomic mass is 15.3. The number of likely N-dealkylation sites (N-methyl/N-ethyl adjacent to an activating group) is 1. The summed E-state index contributed by atoms with van der Waals surface area (Å²) in [7, 11) is 4.29. The van der Waals surface area contributed by atoms with Crippen LogP contribution in [0.1, 0.15) is 16.7 Å². The minimum Gasteiger partial charge on any atom is -0.326 e. The van der Waals surface area contributed by atoms with Gasteiger partial charge in [-0.2, -0.15) is 0 Å². The van der Waals surface area contributed by atoms with Crippen LogP contribution < -0.4 is 5.73 Å². The number of hydrogen-bond donors (Lipinski definition) is 1. The maximum absolute atomic E-state index is 5.70. The van der Waals surface area contributed by atoms with Gasteiger partial charge in [-0.15, -0.1) is 0 Å². The molecule has 0 atom stereocenters. The molecule has 0 aromatic heterocycles. The molecule has 1 aromatic carbocycles. The second kappa shape index (κ2) is 7.90. The predicted molar refractivity (Wildman–Crippen MR) is 89.3 cm³/mol. The molecule has 21 heavy (non-hydrogen) atoms. The molecule has 1 aromatic rings. The first kappa shape index (κ1) is 16.4. The van der Waals surface area contributed by atoms with Crippen molar-refractivity contribution >= 4 is 0 Å². The number of piperazine rings is 1. The minimum atomic E-state index is 0.631. The van der Waals surface area contributed by atoms with Gasteiger partial charge < -0.3 is 10.6 Å². The van der Waals surface area contributed by atoms with Crippen LogP contribution in [0, 0.1) is 6.92 Å². The summed E-state index contributed by atoms with van der Waals surface area (Å²) in [5, 5.41) is 0. The number of aryl methyl sites for hydroxylation is 1.